The smallest absolute Gasteiger partial charge is 0.351 e. The summed E-state index contributed by atoms with van der Waals surface area (Å²) in [6.07, 6.45) is -18.1. The van der Waals surface area contributed by atoms with Crippen molar-refractivity contribution >= 4 is 45.4 Å². The van der Waals surface area contributed by atoms with Gasteiger partial charge in [0.1, 0.15) is 11.4 Å². The number of fused-ring (bicyclic) bond motifs is 2. The molecule has 2 saturated heterocycles. The van der Waals surface area contributed by atoms with E-state index in [-0.39, 0.29) is 85.6 Å². The molecule has 4 heterocycles. The third-order valence-corrected chi connectivity index (χ3v) is 11.0. The topological polar surface area (TPSA) is 113 Å². The Hall–Kier alpha value is -7.00. The van der Waals surface area contributed by atoms with Gasteiger partial charge in [-0.1, -0.05) is 6.07 Å². The molecule has 2 aliphatic rings. The monoisotopic (exact) mass is 938 g/mol. The maximum Gasteiger partial charge on any atom is 0.416 e. The lowest BCUT2D eigenvalue weighted by Crippen LogP contribution is -2.50. The Morgan fingerprint density at radius 1 is 0.364 bits per heavy atom. The second kappa shape index (κ2) is 17.8. The zero-order valence-corrected chi connectivity index (χ0v) is 33.9. The summed E-state index contributed by atoms with van der Waals surface area (Å²) in [5, 5.41) is 0.496. The van der Waals surface area contributed by atoms with Crippen LogP contribution in [0.4, 0.5) is 52.7 Å². The summed E-state index contributed by atoms with van der Waals surface area (Å²) in [7, 11) is 0. The molecular weight excluding hydrogens is 904 g/mol. The molecule has 10 nitrogen and oxygen atoms in total. The molecule has 22 heteroatoms. The molecule has 348 valence electrons. The molecule has 6 aromatic rings. The van der Waals surface area contributed by atoms with Crippen LogP contribution in [0.1, 0.15) is 63.9 Å². The molecule has 0 saturated carbocycles. The third-order valence-electron chi connectivity index (χ3n) is 11.0. The Bertz CT molecular complexity index is 2780. The van der Waals surface area contributed by atoms with Crippen molar-refractivity contribution < 1.29 is 71.9 Å². The first-order chi connectivity index (χ1) is 30.9. The zero-order chi connectivity index (χ0) is 47.9. The number of H-pyrrole nitrogens is 2. The van der Waals surface area contributed by atoms with Crippen LogP contribution in [0.25, 0.3) is 21.8 Å². The number of hydrogen-bond acceptors (Lipinski definition) is 4. The van der Waals surface area contributed by atoms with Crippen LogP contribution in [-0.2, 0) is 24.7 Å². The number of alkyl halides is 12. The van der Waals surface area contributed by atoms with E-state index in [1.54, 1.807) is 0 Å². The summed E-state index contributed by atoms with van der Waals surface area (Å²) in [6.45, 7) is 1.18. The molecule has 2 aromatic heterocycles. The Morgan fingerprint density at radius 3 is 1.08 bits per heavy atom. The van der Waals surface area contributed by atoms with Gasteiger partial charge in [-0.2, -0.15) is 52.7 Å². The van der Waals surface area contributed by atoms with Crippen molar-refractivity contribution in [2.24, 2.45) is 0 Å². The van der Waals surface area contributed by atoms with Crippen molar-refractivity contribution in [1.82, 2.24) is 29.6 Å². The number of carbonyl (C=O) groups excluding carboxylic acids is 4. The van der Waals surface area contributed by atoms with Crippen LogP contribution in [0.2, 0.25) is 0 Å². The molecule has 2 N–H and O–H groups in total. The Balaban J connectivity index is 0.000000196. The van der Waals surface area contributed by atoms with Crippen molar-refractivity contribution in [3.63, 3.8) is 0 Å². The van der Waals surface area contributed by atoms with Crippen LogP contribution >= 0.6 is 0 Å². The highest BCUT2D eigenvalue weighted by molar-refractivity contribution is 6.00. The number of piperazine rings is 2. The molecule has 0 unspecified atom stereocenters. The van der Waals surface area contributed by atoms with E-state index in [4.69, 9.17) is 0 Å². The van der Waals surface area contributed by atoms with Crippen LogP contribution in [-0.4, -0.2) is 106 Å². The summed E-state index contributed by atoms with van der Waals surface area (Å²) < 4.78 is 154. The summed E-state index contributed by atoms with van der Waals surface area (Å²) in [5.41, 5.74) is -2.39. The minimum Gasteiger partial charge on any atom is -0.351 e. The van der Waals surface area contributed by atoms with E-state index >= 15 is 0 Å². The summed E-state index contributed by atoms with van der Waals surface area (Å²) in [4.78, 5) is 62.1. The van der Waals surface area contributed by atoms with Gasteiger partial charge in [-0.25, -0.2) is 0 Å². The molecule has 4 aromatic carbocycles. The predicted octanol–water partition coefficient (Wildman–Crippen LogP) is 9.61. The number of hydrogen-bond donors (Lipinski definition) is 2. The van der Waals surface area contributed by atoms with E-state index in [0.29, 0.717) is 11.0 Å². The van der Waals surface area contributed by atoms with E-state index < -0.39 is 70.6 Å². The number of benzene rings is 4. The number of halogens is 12. The third kappa shape index (κ3) is 10.4. The fourth-order valence-corrected chi connectivity index (χ4v) is 7.41. The first-order valence-electron chi connectivity index (χ1n) is 19.8. The lowest BCUT2D eigenvalue weighted by molar-refractivity contribution is -0.138. The van der Waals surface area contributed by atoms with Gasteiger partial charge < -0.3 is 29.6 Å². The van der Waals surface area contributed by atoms with Crippen molar-refractivity contribution in [2.45, 2.75) is 24.7 Å². The first-order valence-corrected chi connectivity index (χ1v) is 19.8. The van der Waals surface area contributed by atoms with E-state index in [0.717, 1.165) is 66.7 Å². The van der Waals surface area contributed by atoms with E-state index in [1.165, 1.54) is 49.9 Å². The molecule has 0 radical (unpaired) electrons. The average Bonchev–Trinajstić information content (AvgIpc) is 3.92. The number of aromatic amines is 2. The molecule has 0 bridgehead atoms. The standard InChI is InChI=1S/2C22H17F6N3O2/c23-21(24,25)15-3-1-13(2-4-15)19(32)30-7-9-31(10-8-30)20(33)18-12-14-11-16(22(26,27)28)5-6-17(14)29-18;23-21(24,25)15-3-1-2-13(10-15)19(32)30-6-8-31(9-7-30)20(33)18-12-14-11-16(22(26,27)28)4-5-17(14)29-18/h1-6,11-12,29H,7-10H2;1-5,10-12,29H,6-9H2. The highest BCUT2D eigenvalue weighted by Crippen LogP contribution is 2.34. The van der Waals surface area contributed by atoms with Gasteiger partial charge in [0.15, 0.2) is 0 Å². The van der Waals surface area contributed by atoms with E-state index in [9.17, 15) is 71.9 Å². The molecule has 2 aliphatic heterocycles. The van der Waals surface area contributed by atoms with Gasteiger partial charge in [-0.05, 0) is 91.0 Å². The minimum absolute atomic E-state index is 0.0966. The quantitative estimate of drug-likeness (QED) is 0.172. The number of amides is 4. The number of nitrogens with one attached hydrogen (secondary N) is 2. The summed E-state index contributed by atoms with van der Waals surface area (Å²) in [6, 6.07) is 17.0. The zero-order valence-electron chi connectivity index (χ0n) is 33.9. The normalized spacial score (nSPS) is 15.2. The SMILES string of the molecule is O=C(c1ccc(C(F)(F)F)cc1)N1CCN(C(=O)c2cc3cc(C(F)(F)F)ccc3[nH]2)CC1.O=C(c1cccc(C(F)(F)F)c1)N1CCN(C(=O)c2cc3cc(C(F)(F)F)ccc3[nH]2)CC1. The second-order valence-corrected chi connectivity index (χ2v) is 15.3. The van der Waals surface area contributed by atoms with E-state index in [2.05, 4.69) is 9.97 Å². The fourth-order valence-electron chi connectivity index (χ4n) is 7.41. The summed E-state index contributed by atoms with van der Waals surface area (Å²) >= 11 is 0. The van der Waals surface area contributed by atoms with Crippen LogP contribution in [0.5, 0.6) is 0 Å². The van der Waals surface area contributed by atoms with Gasteiger partial charge in [-0.3, -0.25) is 19.2 Å². The lowest BCUT2D eigenvalue weighted by atomic mass is 10.1. The van der Waals surface area contributed by atoms with Crippen molar-refractivity contribution in [3.8, 4) is 0 Å². The highest BCUT2D eigenvalue weighted by atomic mass is 19.4. The van der Waals surface area contributed by atoms with Gasteiger partial charge >= 0.3 is 24.7 Å². The van der Waals surface area contributed by atoms with Crippen LogP contribution in [0.3, 0.4) is 0 Å². The second-order valence-electron chi connectivity index (χ2n) is 15.3. The minimum atomic E-state index is -4.57. The van der Waals surface area contributed by atoms with Gasteiger partial charge in [0, 0.05) is 85.3 Å². The number of nitrogens with zero attached hydrogens (tertiary/aromatic N) is 4. The lowest BCUT2D eigenvalue weighted by Gasteiger charge is -2.34. The molecule has 0 spiro atoms. The molecule has 0 aliphatic carbocycles. The largest absolute Gasteiger partial charge is 0.416 e. The van der Waals surface area contributed by atoms with Gasteiger partial charge in [-0.15, -0.1) is 0 Å². The van der Waals surface area contributed by atoms with Crippen molar-refractivity contribution in [1.29, 1.82) is 0 Å². The molecule has 4 amide bonds. The Labute approximate surface area is 365 Å². The van der Waals surface area contributed by atoms with Gasteiger partial charge in [0.25, 0.3) is 23.6 Å². The number of carbonyl (C=O) groups is 4. The fraction of sp³-hybridized carbons (Fsp3) is 0.273. The first kappa shape index (κ1) is 47.0. The number of rotatable bonds is 4. The Morgan fingerprint density at radius 2 is 0.697 bits per heavy atom. The van der Waals surface area contributed by atoms with E-state index in [1.807, 2.05) is 0 Å². The van der Waals surface area contributed by atoms with Gasteiger partial charge in [0.2, 0.25) is 0 Å². The molecule has 66 heavy (non-hydrogen) atoms. The average molecular weight is 939 g/mol. The highest BCUT2D eigenvalue weighted by Gasteiger charge is 2.35. The number of aromatic nitrogens is 2. The molecule has 8 rings (SSSR count). The maximum atomic E-state index is 12.9. The molecule has 2 fully saturated rings. The van der Waals surface area contributed by atoms with Crippen LogP contribution < -0.4 is 0 Å². The molecular formula is C44H34F12N6O4. The van der Waals surface area contributed by atoms with Crippen molar-refractivity contribution in [3.05, 3.63) is 142 Å². The maximum absolute atomic E-state index is 12.9. The van der Waals surface area contributed by atoms with Crippen LogP contribution in [0, 0.1) is 0 Å². The van der Waals surface area contributed by atoms with Crippen LogP contribution in [0.15, 0.2) is 97.1 Å². The summed E-state index contributed by atoms with van der Waals surface area (Å²) in [5.74, 6) is -1.87. The molecule has 0 atom stereocenters. The van der Waals surface area contributed by atoms with Gasteiger partial charge in [0.05, 0.1) is 22.3 Å². The predicted molar refractivity (Wildman–Crippen MR) is 213 cm³/mol. The van der Waals surface area contributed by atoms with Crippen molar-refractivity contribution in [2.75, 3.05) is 52.4 Å². The Kier molecular flexibility index (Phi) is 12.6.